The van der Waals surface area contributed by atoms with Gasteiger partial charge in [0.2, 0.25) is 0 Å². The lowest BCUT2D eigenvalue weighted by Crippen LogP contribution is -1.93. The molecule has 0 unspecified atom stereocenters. The highest BCUT2D eigenvalue weighted by Gasteiger charge is 2.20. The van der Waals surface area contributed by atoms with Crippen molar-refractivity contribution in [3.05, 3.63) is 182 Å². The van der Waals surface area contributed by atoms with Crippen molar-refractivity contribution in [2.75, 3.05) is 0 Å². The molecule has 10 aromatic rings. The normalized spacial score (nSPS) is 11.7. The Morgan fingerprint density at radius 3 is 1.43 bits per heavy atom. The fourth-order valence-electron chi connectivity index (χ4n) is 7.95. The molecule has 0 aliphatic heterocycles. The molecule has 0 aliphatic rings. The number of hydrogen-bond acceptors (Lipinski definition) is 1. The third-order valence-corrected chi connectivity index (χ3v) is 10.1. The van der Waals surface area contributed by atoms with Crippen molar-refractivity contribution < 1.29 is 4.42 Å². The molecule has 0 aliphatic carbocycles. The van der Waals surface area contributed by atoms with Crippen molar-refractivity contribution in [1.82, 2.24) is 0 Å². The first-order chi connectivity index (χ1) is 24.3. The van der Waals surface area contributed by atoms with Crippen LogP contribution in [0, 0.1) is 0 Å². The van der Waals surface area contributed by atoms with Crippen LogP contribution in [-0.4, -0.2) is 0 Å². The minimum Gasteiger partial charge on any atom is -0.456 e. The van der Waals surface area contributed by atoms with E-state index >= 15 is 0 Å². The fraction of sp³-hybridized carbons (Fsp3) is 0. The molecule has 0 fully saturated rings. The third-order valence-electron chi connectivity index (χ3n) is 10.1. The zero-order valence-electron chi connectivity index (χ0n) is 26.7. The van der Waals surface area contributed by atoms with Gasteiger partial charge in [0.15, 0.2) is 0 Å². The van der Waals surface area contributed by atoms with Crippen LogP contribution in [0.15, 0.2) is 186 Å². The summed E-state index contributed by atoms with van der Waals surface area (Å²) >= 11 is 0. The van der Waals surface area contributed by atoms with Crippen molar-refractivity contribution in [2.45, 2.75) is 0 Å². The molecule has 1 nitrogen and oxygen atoms in total. The van der Waals surface area contributed by atoms with Crippen molar-refractivity contribution in [1.29, 1.82) is 0 Å². The van der Waals surface area contributed by atoms with Gasteiger partial charge in [0.1, 0.15) is 11.2 Å². The maximum atomic E-state index is 6.36. The molecule has 228 valence electrons. The van der Waals surface area contributed by atoms with Crippen LogP contribution in [-0.2, 0) is 0 Å². The van der Waals surface area contributed by atoms with Gasteiger partial charge in [0.05, 0.1) is 0 Å². The Bertz CT molecular complexity index is 2820. The zero-order chi connectivity index (χ0) is 32.3. The minimum atomic E-state index is 0.910. The average molecular weight is 623 g/mol. The Hall–Kier alpha value is -6.44. The van der Waals surface area contributed by atoms with Gasteiger partial charge in [-0.1, -0.05) is 164 Å². The number of rotatable bonds is 4. The van der Waals surface area contributed by atoms with Gasteiger partial charge in [-0.2, -0.15) is 0 Å². The van der Waals surface area contributed by atoms with Gasteiger partial charge < -0.3 is 4.42 Å². The molecule has 49 heavy (non-hydrogen) atoms. The summed E-state index contributed by atoms with van der Waals surface area (Å²) in [5.41, 5.74) is 11.7. The largest absolute Gasteiger partial charge is 0.456 e. The van der Waals surface area contributed by atoms with E-state index in [1.165, 1.54) is 71.3 Å². The first-order valence-electron chi connectivity index (χ1n) is 16.9. The summed E-state index contributed by atoms with van der Waals surface area (Å²) in [6, 6.07) is 65.8. The summed E-state index contributed by atoms with van der Waals surface area (Å²) in [6.45, 7) is 0. The second kappa shape index (κ2) is 11.1. The first-order valence-corrected chi connectivity index (χ1v) is 16.9. The SMILES string of the molecule is c1ccc(-c2ccccc2-c2ccc(-c3c4ccccc4c(-c4ccc5c(c4)oc4ccccc45)c4ccccc34)c3ccccc23)cc1. The van der Waals surface area contributed by atoms with Crippen LogP contribution < -0.4 is 0 Å². The molecule has 9 aromatic carbocycles. The van der Waals surface area contributed by atoms with Gasteiger partial charge in [-0.05, 0) is 95.0 Å². The number of furan rings is 1. The number of para-hydroxylation sites is 1. The van der Waals surface area contributed by atoms with Crippen molar-refractivity contribution in [3.63, 3.8) is 0 Å². The van der Waals surface area contributed by atoms with E-state index in [-0.39, 0.29) is 0 Å². The lowest BCUT2D eigenvalue weighted by atomic mass is 9.83. The van der Waals surface area contributed by atoms with Gasteiger partial charge in [0, 0.05) is 10.8 Å². The summed E-state index contributed by atoms with van der Waals surface area (Å²) < 4.78 is 6.36. The molecule has 0 N–H and O–H groups in total. The van der Waals surface area contributed by atoms with E-state index in [9.17, 15) is 0 Å². The summed E-state index contributed by atoms with van der Waals surface area (Å²) in [6.07, 6.45) is 0. The van der Waals surface area contributed by atoms with E-state index in [0.717, 1.165) is 27.5 Å². The fourth-order valence-corrected chi connectivity index (χ4v) is 7.95. The van der Waals surface area contributed by atoms with Crippen molar-refractivity contribution in [2.24, 2.45) is 0 Å². The standard InChI is InChI=1S/C48H30O/c1-2-14-31(15-3-1)33-16-4-5-17-34(33)37-28-29-44(36-19-7-6-18-35(36)37)48-42-23-10-8-21-40(42)47(41-22-9-11-24-43(41)48)32-26-27-39-38-20-12-13-25-45(38)49-46(39)30-32/h1-30H. The predicted molar refractivity (Wildman–Crippen MR) is 208 cm³/mol. The van der Waals surface area contributed by atoms with Crippen LogP contribution in [0.25, 0.3) is 98.8 Å². The molecule has 1 heterocycles. The van der Waals surface area contributed by atoms with E-state index < -0.39 is 0 Å². The van der Waals surface area contributed by atoms with E-state index in [4.69, 9.17) is 4.42 Å². The molecule has 0 radical (unpaired) electrons. The maximum Gasteiger partial charge on any atom is 0.136 e. The molecule has 0 amide bonds. The summed E-state index contributed by atoms with van der Waals surface area (Å²) in [7, 11) is 0. The Morgan fingerprint density at radius 1 is 0.245 bits per heavy atom. The van der Waals surface area contributed by atoms with Crippen LogP contribution in [0.4, 0.5) is 0 Å². The van der Waals surface area contributed by atoms with Gasteiger partial charge in [-0.25, -0.2) is 0 Å². The van der Waals surface area contributed by atoms with Gasteiger partial charge >= 0.3 is 0 Å². The lowest BCUT2D eigenvalue weighted by Gasteiger charge is -2.20. The zero-order valence-corrected chi connectivity index (χ0v) is 26.7. The predicted octanol–water partition coefficient (Wildman–Crippen LogP) is 13.7. The Labute approximate surface area is 284 Å². The Morgan fingerprint density at radius 2 is 0.735 bits per heavy atom. The number of hydrogen-bond donors (Lipinski definition) is 0. The lowest BCUT2D eigenvalue weighted by molar-refractivity contribution is 0.669. The summed E-state index contributed by atoms with van der Waals surface area (Å²) in [5.74, 6) is 0. The van der Waals surface area contributed by atoms with E-state index in [1.807, 2.05) is 12.1 Å². The molecule has 10 rings (SSSR count). The smallest absolute Gasteiger partial charge is 0.136 e. The van der Waals surface area contributed by atoms with E-state index in [0.29, 0.717) is 0 Å². The van der Waals surface area contributed by atoms with Gasteiger partial charge in [-0.3, -0.25) is 0 Å². The first kappa shape index (κ1) is 27.7. The molecule has 1 heteroatoms. The highest BCUT2D eigenvalue weighted by atomic mass is 16.3. The van der Waals surface area contributed by atoms with Crippen LogP contribution in [0.3, 0.4) is 0 Å². The van der Waals surface area contributed by atoms with Crippen LogP contribution in [0.2, 0.25) is 0 Å². The molecule has 0 spiro atoms. The monoisotopic (exact) mass is 622 g/mol. The highest BCUT2D eigenvalue weighted by molar-refractivity contribution is 6.24. The molecule has 0 atom stereocenters. The maximum absolute atomic E-state index is 6.36. The third kappa shape index (κ3) is 4.33. The summed E-state index contributed by atoms with van der Waals surface area (Å²) in [4.78, 5) is 0. The van der Waals surface area contributed by atoms with Crippen LogP contribution in [0.5, 0.6) is 0 Å². The van der Waals surface area contributed by atoms with Crippen LogP contribution >= 0.6 is 0 Å². The Kier molecular flexibility index (Phi) is 6.25. The highest BCUT2D eigenvalue weighted by Crippen LogP contribution is 2.47. The second-order valence-electron chi connectivity index (χ2n) is 12.8. The average Bonchev–Trinajstić information content (AvgIpc) is 3.55. The number of benzene rings is 9. The van der Waals surface area contributed by atoms with Crippen LogP contribution in [0.1, 0.15) is 0 Å². The summed E-state index contributed by atoms with van der Waals surface area (Å²) in [5, 5.41) is 9.72. The minimum absolute atomic E-state index is 0.910. The Balaban J connectivity index is 1.24. The molecular formula is C48H30O. The molecule has 0 bridgehead atoms. The molecule has 1 aromatic heterocycles. The molecule has 0 saturated carbocycles. The molecular weight excluding hydrogens is 593 g/mol. The second-order valence-corrected chi connectivity index (χ2v) is 12.8. The van der Waals surface area contributed by atoms with E-state index in [1.54, 1.807) is 0 Å². The number of fused-ring (bicyclic) bond motifs is 6. The van der Waals surface area contributed by atoms with Gasteiger partial charge in [0.25, 0.3) is 0 Å². The van der Waals surface area contributed by atoms with E-state index in [2.05, 4.69) is 170 Å². The van der Waals surface area contributed by atoms with Gasteiger partial charge in [-0.15, -0.1) is 0 Å². The quantitative estimate of drug-likeness (QED) is 0.178. The van der Waals surface area contributed by atoms with Crippen molar-refractivity contribution >= 4 is 54.3 Å². The molecule has 0 saturated heterocycles. The topological polar surface area (TPSA) is 13.1 Å². The van der Waals surface area contributed by atoms with Crippen molar-refractivity contribution in [3.8, 4) is 44.5 Å².